The second kappa shape index (κ2) is 5.40. The second-order valence-electron chi connectivity index (χ2n) is 5.78. The highest BCUT2D eigenvalue weighted by atomic mass is 16.2. The third-order valence-electron chi connectivity index (χ3n) is 4.15. The van der Waals surface area contributed by atoms with E-state index < -0.39 is 6.04 Å². The molecule has 0 aliphatic carbocycles. The lowest BCUT2D eigenvalue weighted by molar-refractivity contribution is -0.127. The van der Waals surface area contributed by atoms with E-state index in [1.807, 2.05) is 38.1 Å². The number of benzene rings is 1. The molecular weight excluding hydrogens is 278 g/mol. The Bertz CT molecular complexity index is 770. The van der Waals surface area contributed by atoms with Crippen LogP contribution < -0.4 is 5.32 Å². The van der Waals surface area contributed by atoms with Crippen molar-refractivity contribution in [1.82, 2.24) is 15.2 Å². The Kier molecular flexibility index (Phi) is 3.56. The number of piperazine rings is 1. The maximum absolute atomic E-state index is 12.8. The van der Waals surface area contributed by atoms with Gasteiger partial charge in [-0.15, -0.1) is 0 Å². The van der Waals surface area contributed by atoms with Crippen LogP contribution in [0.4, 0.5) is 0 Å². The molecule has 2 heterocycles. The van der Waals surface area contributed by atoms with Gasteiger partial charge in [0.1, 0.15) is 6.04 Å². The van der Waals surface area contributed by atoms with Crippen molar-refractivity contribution >= 4 is 22.7 Å². The van der Waals surface area contributed by atoms with Crippen LogP contribution in [0.1, 0.15) is 28.5 Å². The topological polar surface area (TPSA) is 62.3 Å². The maximum Gasteiger partial charge on any atom is 0.256 e. The van der Waals surface area contributed by atoms with E-state index in [0.717, 1.165) is 16.5 Å². The summed E-state index contributed by atoms with van der Waals surface area (Å²) >= 11 is 0. The molecule has 1 aliphatic heterocycles. The molecule has 5 heteroatoms. The van der Waals surface area contributed by atoms with Crippen molar-refractivity contribution in [3.05, 3.63) is 41.1 Å². The summed E-state index contributed by atoms with van der Waals surface area (Å²) in [4.78, 5) is 30.7. The molecule has 114 valence electrons. The lowest BCUT2D eigenvalue weighted by Gasteiger charge is -2.33. The van der Waals surface area contributed by atoms with Crippen molar-refractivity contribution in [3.8, 4) is 0 Å². The third kappa shape index (κ3) is 2.43. The number of nitrogens with one attached hydrogen (secondary N) is 1. The number of rotatable bonds is 1. The summed E-state index contributed by atoms with van der Waals surface area (Å²) in [6.45, 7) is 6.62. The molecule has 2 aromatic rings. The van der Waals surface area contributed by atoms with Gasteiger partial charge >= 0.3 is 0 Å². The number of fused-ring (bicyclic) bond motifs is 1. The van der Waals surface area contributed by atoms with E-state index in [4.69, 9.17) is 0 Å². The summed E-state index contributed by atoms with van der Waals surface area (Å²) < 4.78 is 0. The lowest BCUT2D eigenvalue weighted by Crippen LogP contribution is -2.55. The number of carbonyl (C=O) groups excluding carboxylic acids is 2. The molecule has 1 atom stereocenters. The first-order valence-electron chi connectivity index (χ1n) is 7.44. The van der Waals surface area contributed by atoms with Gasteiger partial charge in [0.05, 0.1) is 16.8 Å². The molecule has 0 unspecified atom stereocenters. The molecule has 0 bridgehead atoms. The van der Waals surface area contributed by atoms with E-state index in [1.165, 1.54) is 0 Å². The smallest absolute Gasteiger partial charge is 0.256 e. The highest BCUT2D eigenvalue weighted by Crippen LogP contribution is 2.20. The zero-order valence-corrected chi connectivity index (χ0v) is 13.0. The van der Waals surface area contributed by atoms with Crippen molar-refractivity contribution in [2.75, 3.05) is 13.1 Å². The lowest BCUT2D eigenvalue weighted by atomic mass is 10.1. The summed E-state index contributed by atoms with van der Waals surface area (Å²) in [6.07, 6.45) is 0. The van der Waals surface area contributed by atoms with E-state index in [2.05, 4.69) is 10.3 Å². The first kappa shape index (κ1) is 14.5. The Balaban J connectivity index is 2.03. The van der Waals surface area contributed by atoms with Gasteiger partial charge in [-0.25, -0.2) is 0 Å². The van der Waals surface area contributed by atoms with Crippen LogP contribution in [0.2, 0.25) is 0 Å². The molecule has 22 heavy (non-hydrogen) atoms. The van der Waals surface area contributed by atoms with Crippen LogP contribution in [-0.2, 0) is 4.79 Å². The fourth-order valence-electron chi connectivity index (χ4n) is 2.82. The quantitative estimate of drug-likeness (QED) is 0.873. The number of pyridine rings is 1. The summed E-state index contributed by atoms with van der Waals surface area (Å²) in [6, 6.07) is 7.42. The van der Waals surface area contributed by atoms with Gasteiger partial charge in [-0.05, 0) is 39.0 Å². The number of nitrogens with zero attached hydrogens (tertiary/aromatic N) is 2. The zero-order chi connectivity index (χ0) is 15.9. The number of carbonyl (C=O) groups is 2. The number of aryl methyl sites for hydroxylation is 2. The molecule has 1 aliphatic rings. The Morgan fingerprint density at radius 1 is 1.32 bits per heavy atom. The minimum Gasteiger partial charge on any atom is -0.353 e. The SMILES string of the molecule is Cc1ccc2nc(C)c(C(=O)N3CCNC(=O)[C@@H]3C)cc2c1. The van der Waals surface area contributed by atoms with Gasteiger partial charge in [0, 0.05) is 18.5 Å². The number of aromatic nitrogens is 1. The molecule has 0 saturated carbocycles. The van der Waals surface area contributed by atoms with Crippen LogP contribution in [0.25, 0.3) is 10.9 Å². The van der Waals surface area contributed by atoms with Crippen molar-refractivity contribution in [2.45, 2.75) is 26.8 Å². The number of hydrogen-bond acceptors (Lipinski definition) is 3. The Hall–Kier alpha value is -2.43. The minimum absolute atomic E-state index is 0.109. The van der Waals surface area contributed by atoms with Crippen LogP contribution >= 0.6 is 0 Å². The van der Waals surface area contributed by atoms with Gasteiger partial charge in [0.15, 0.2) is 0 Å². The highest BCUT2D eigenvalue weighted by Gasteiger charge is 2.30. The average Bonchev–Trinajstić information content (AvgIpc) is 2.49. The second-order valence-corrected chi connectivity index (χ2v) is 5.78. The average molecular weight is 297 g/mol. The first-order valence-corrected chi connectivity index (χ1v) is 7.44. The van der Waals surface area contributed by atoms with Gasteiger partial charge in [-0.3, -0.25) is 14.6 Å². The monoisotopic (exact) mass is 297 g/mol. The predicted molar refractivity (Wildman–Crippen MR) is 84.7 cm³/mol. The van der Waals surface area contributed by atoms with E-state index in [-0.39, 0.29) is 11.8 Å². The van der Waals surface area contributed by atoms with Crippen LogP contribution in [-0.4, -0.2) is 40.8 Å². The molecule has 3 rings (SSSR count). The van der Waals surface area contributed by atoms with Crippen molar-refractivity contribution < 1.29 is 9.59 Å². The normalized spacial score (nSPS) is 18.4. The maximum atomic E-state index is 12.8. The molecular formula is C17H19N3O2. The molecule has 1 N–H and O–H groups in total. The summed E-state index contributed by atoms with van der Waals surface area (Å²) in [7, 11) is 0. The Labute approximate surface area is 129 Å². The van der Waals surface area contributed by atoms with E-state index in [0.29, 0.717) is 24.3 Å². The largest absolute Gasteiger partial charge is 0.353 e. The van der Waals surface area contributed by atoms with Crippen LogP contribution in [0.15, 0.2) is 24.3 Å². The summed E-state index contributed by atoms with van der Waals surface area (Å²) in [5.74, 6) is -0.238. The number of amides is 2. The van der Waals surface area contributed by atoms with Crippen LogP contribution in [0.3, 0.4) is 0 Å². The molecule has 1 saturated heterocycles. The molecule has 0 spiro atoms. The van der Waals surface area contributed by atoms with Gasteiger partial charge in [-0.1, -0.05) is 11.6 Å². The third-order valence-corrected chi connectivity index (χ3v) is 4.15. The fraction of sp³-hybridized carbons (Fsp3) is 0.353. The highest BCUT2D eigenvalue weighted by molar-refractivity contribution is 6.01. The molecule has 1 aromatic heterocycles. The Morgan fingerprint density at radius 2 is 2.09 bits per heavy atom. The van der Waals surface area contributed by atoms with Crippen LogP contribution in [0.5, 0.6) is 0 Å². The minimum atomic E-state index is -0.450. The molecule has 1 fully saturated rings. The summed E-state index contributed by atoms with van der Waals surface area (Å²) in [5, 5.41) is 3.72. The van der Waals surface area contributed by atoms with Gasteiger partial charge in [0.25, 0.3) is 5.91 Å². The Morgan fingerprint density at radius 3 is 2.86 bits per heavy atom. The van der Waals surface area contributed by atoms with E-state index >= 15 is 0 Å². The van der Waals surface area contributed by atoms with Crippen LogP contribution in [0, 0.1) is 13.8 Å². The van der Waals surface area contributed by atoms with Gasteiger partial charge < -0.3 is 10.2 Å². The van der Waals surface area contributed by atoms with Gasteiger partial charge in [0.2, 0.25) is 5.91 Å². The first-order chi connectivity index (χ1) is 10.5. The zero-order valence-electron chi connectivity index (χ0n) is 13.0. The predicted octanol–water partition coefficient (Wildman–Crippen LogP) is 1.81. The van der Waals surface area contributed by atoms with Crippen molar-refractivity contribution in [1.29, 1.82) is 0 Å². The standard InChI is InChI=1S/C17H19N3O2/c1-10-4-5-15-13(8-10)9-14(11(2)19-15)17(22)20-7-6-18-16(21)12(20)3/h4-5,8-9,12H,6-7H2,1-3H3,(H,18,21)/t12-/m0/s1. The van der Waals surface area contributed by atoms with Crippen molar-refractivity contribution in [2.24, 2.45) is 0 Å². The van der Waals surface area contributed by atoms with E-state index in [9.17, 15) is 9.59 Å². The summed E-state index contributed by atoms with van der Waals surface area (Å²) in [5.41, 5.74) is 3.27. The molecule has 5 nitrogen and oxygen atoms in total. The molecule has 2 amide bonds. The van der Waals surface area contributed by atoms with Crippen molar-refractivity contribution in [3.63, 3.8) is 0 Å². The fourth-order valence-corrected chi connectivity index (χ4v) is 2.82. The van der Waals surface area contributed by atoms with E-state index in [1.54, 1.807) is 11.8 Å². The molecule has 1 aromatic carbocycles. The molecule has 0 radical (unpaired) electrons. The number of hydrogen-bond donors (Lipinski definition) is 1. The van der Waals surface area contributed by atoms with Gasteiger partial charge in [-0.2, -0.15) is 0 Å².